The molecule has 1 amide bonds. The Balaban J connectivity index is 1.65. The second-order valence-corrected chi connectivity index (χ2v) is 8.68. The van der Waals surface area contributed by atoms with E-state index < -0.39 is 17.9 Å². The molecule has 2 aromatic heterocycles. The van der Waals surface area contributed by atoms with Crippen molar-refractivity contribution < 1.29 is 23.5 Å². The number of hydrogen-bond acceptors (Lipinski definition) is 8. The maximum absolute atomic E-state index is 13.3. The van der Waals surface area contributed by atoms with Gasteiger partial charge in [0.05, 0.1) is 23.4 Å². The zero-order valence-corrected chi connectivity index (χ0v) is 19.8. The second kappa shape index (κ2) is 10.8. The lowest BCUT2D eigenvalue weighted by Gasteiger charge is -2.16. The summed E-state index contributed by atoms with van der Waals surface area (Å²) in [7, 11) is 1.28. The summed E-state index contributed by atoms with van der Waals surface area (Å²) in [6.07, 6.45) is -0.512. The maximum atomic E-state index is 13.3. The number of hydrogen-bond donors (Lipinski definition) is 1. The first kappa shape index (κ1) is 24.0. The largest absolute Gasteiger partial charge is 0.481 e. The molecule has 0 spiro atoms. The number of benzene rings is 1. The van der Waals surface area contributed by atoms with Crippen LogP contribution in [0.2, 0.25) is 5.02 Å². The number of anilines is 1. The van der Waals surface area contributed by atoms with Crippen molar-refractivity contribution in [1.82, 2.24) is 14.8 Å². The van der Waals surface area contributed by atoms with Crippen molar-refractivity contribution in [2.45, 2.75) is 31.7 Å². The molecule has 1 N–H and O–H groups in total. The van der Waals surface area contributed by atoms with E-state index >= 15 is 0 Å². The molecule has 0 fully saturated rings. The molecule has 0 bridgehead atoms. The Bertz CT molecular complexity index is 1120. The van der Waals surface area contributed by atoms with E-state index in [0.29, 0.717) is 33.8 Å². The first-order chi connectivity index (χ1) is 15.3. The highest BCUT2D eigenvalue weighted by Gasteiger charge is 2.21. The Morgan fingerprint density at radius 3 is 2.81 bits per heavy atom. The molecule has 2 heterocycles. The lowest BCUT2D eigenvalue weighted by molar-refractivity contribution is -0.113. The summed E-state index contributed by atoms with van der Waals surface area (Å²) >= 11 is 8.48. The van der Waals surface area contributed by atoms with Gasteiger partial charge in [-0.2, -0.15) is 0 Å². The molecule has 0 saturated heterocycles. The number of thiophene rings is 1. The zero-order chi connectivity index (χ0) is 23.3. The Kier molecular flexibility index (Phi) is 8.10. The molecule has 32 heavy (non-hydrogen) atoms. The molecule has 170 valence electrons. The van der Waals surface area contributed by atoms with Gasteiger partial charge in [-0.1, -0.05) is 23.4 Å². The summed E-state index contributed by atoms with van der Waals surface area (Å²) in [5.41, 5.74) is 0.306. The molecule has 0 radical (unpaired) electrons. The molecule has 8 nitrogen and oxygen atoms in total. The first-order valence-electron chi connectivity index (χ1n) is 9.47. The fourth-order valence-electron chi connectivity index (χ4n) is 2.79. The van der Waals surface area contributed by atoms with Crippen LogP contribution in [0.25, 0.3) is 0 Å². The Hall–Kier alpha value is -2.63. The van der Waals surface area contributed by atoms with Crippen molar-refractivity contribution in [1.29, 1.82) is 0 Å². The van der Waals surface area contributed by atoms with Gasteiger partial charge < -0.3 is 19.4 Å². The summed E-state index contributed by atoms with van der Waals surface area (Å²) in [5.74, 6) is -0.323. The van der Waals surface area contributed by atoms with Gasteiger partial charge in [0.15, 0.2) is 17.1 Å². The summed E-state index contributed by atoms with van der Waals surface area (Å²) in [4.78, 5) is 24.1. The summed E-state index contributed by atoms with van der Waals surface area (Å²) < 4.78 is 25.6. The molecular weight excluding hydrogens is 479 g/mol. The van der Waals surface area contributed by atoms with Gasteiger partial charge in [-0.25, -0.2) is 9.18 Å². The Morgan fingerprint density at radius 2 is 2.12 bits per heavy atom. The van der Waals surface area contributed by atoms with Crippen LogP contribution in [0.1, 0.15) is 36.1 Å². The van der Waals surface area contributed by atoms with E-state index in [1.54, 1.807) is 18.4 Å². The van der Waals surface area contributed by atoms with E-state index in [0.717, 1.165) is 0 Å². The number of carbonyl (C=O) groups excluding carboxylic acids is 2. The van der Waals surface area contributed by atoms with Gasteiger partial charge in [0.1, 0.15) is 16.6 Å². The Morgan fingerprint density at radius 1 is 1.34 bits per heavy atom. The molecule has 0 aliphatic rings. The molecule has 1 atom stereocenters. The van der Waals surface area contributed by atoms with Gasteiger partial charge in [-0.05, 0) is 43.5 Å². The van der Waals surface area contributed by atoms with Crippen molar-refractivity contribution in [2.75, 3.05) is 18.2 Å². The molecule has 0 aliphatic carbocycles. The van der Waals surface area contributed by atoms with Crippen molar-refractivity contribution in [3.05, 3.63) is 51.9 Å². The maximum Gasteiger partial charge on any atom is 0.340 e. The summed E-state index contributed by atoms with van der Waals surface area (Å²) in [6, 6.07) is 5.48. The number of aromatic nitrogens is 3. The quantitative estimate of drug-likeness (QED) is 0.334. The van der Waals surface area contributed by atoms with Crippen molar-refractivity contribution in [3.8, 4) is 5.75 Å². The molecule has 12 heteroatoms. The fraction of sp³-hybridized carbons (Fsp3) is 0.300. The van der Waals surface area contributed by atoms with Gasteiger partial charge in [0, 0.05) is 6.54 Å². The van der Waals surface area contributed by atoms with E-state index in [9.17, 15) is 14.0 Å². The highest BCUT2D eigenvalue weighted by Crippen LogP contribution is 2.30. The minimum Gasteiger partial charge on any atom is -0.481 e. The number of halogens is 2. The molecule has 0 aliphatic heterocycles. The molecule has 1 unspecified atom stereocenters. The monoisotopic (exact) mass is 498 g/mol. The van der Waals surface area contributed by atoms with Crippen molar-refractivity contribution in [3.63, 3.8) is 0 Å². The molecule has 3 rings (SSSR count). The number of methoxy groups -OCH3 is 1. The van der Waals surface area contributed by atoms with Gasteiger partial charge >= 0.3 is 5.97 Å². The number of ether oxygens (including phenoxy) is 2. The van der Waals surface area contributed by atoms with Crippen LogP contribution < -0.4 is 10.1 Å². The highest BCUT2D eigenvalue weighted by molar-refractivity contribution is 7.99. The van der Waals surface area contributed by atoms with Crippen molar-refractivity contribution in [2.24, 2.45) is 0 Å². The molecular formula is C20H20ClFN4O4S2. The number of nitrogens with one attached hydrogen (secondary N) is 1. The Labute approximate surface area is 197 Å². The van der Waals surface area contributed by atoms with Crippen molar-refractivity contribution >= 4 is 51.6 Å². The van der Waals surface area contributed by atoms with Crippen LogP contribution in [-0.2, 0) is 16.1 Å². The summed E-state index contributed by atoms with van der Waals surface area (Å²) in [5, 5.41) is 13.9. The predicted molar refractivity (Wildman–Crippen MR) is 121 cm³/mol. The smallest absolute Gasteiger partial charge is 0.340 e. The SMILES string of the molecule is CCn1c(SCC(=O)Nc2sccc2C(=O)OC)nnc1C(C)Oc1ccc(F)cc1Cl. The normalized spacial score (nSPS) is 11.8. The second-order valence-electron chi connectivity index (χ2n) is 6.41. The predicted octanol–water partition coefficient (Wildman–Crippen LogP) is 4.81. The lowest BCUT2D eigenvalue weighted by atomic mass is 10.3. The zero-order valence-electron chi connectivity index (χ0n) is 17.4. The molecule has 3 aromatic rings. The van der Waals surface area contributed by atoms with Crippen LogP contribution in [-0.4, -0.2) is 39.5 Å². The van der Waals surface area contributed by atoms with E-state index in [1.165, 1.54) is 48.4 Å². The van der Waals surface area contributed by atoms with Gasteiger partial charge in [0.25, 0.3) is 0 Å². The van der Waals surface area contributed by atoms with Crippen LogP contribution in [0.15, 0.2) is 34.8 Å². The average molecular weight is 499 g/mol. The van der Waals surface area contributed by atoms with E-state index in [-0.39, 0.29) is 16.7 Å². The fourth-order valence-corrected chi connectivity index (χ4v) is 4.60. The lowest BCUT2D eigenvalue weighted by Crippen LogP contribution is -2.16. The van der Waals surface area contributed by atoms with E-state index in [2.05, 4.69) is 15.5 Å². The third-order valence-electron chi connectivity index (χ3n) is 4.28. The van der Waals surface area contributed by atoms with Gasteiger partial charge in [-0.15, -0.1) is 21.5 Å². The van der Waals surface area contributed by atoms with Gasteiger partial charge in [-0.3, -0.25) is 4.79 Å². The van der Waals surface area contributed by atoms with Crippen LogP contribution in [0.4, 0.5) is 9.39 Å². The molecule has 1 aromatic carbocycles. The minimum atomic E-state index is -0.514. The van der Waals surface area contributed by atoms with Crippen LogP contribution >= 0.6 is 34.7 Å². The first-order valence-corrected chi connectivity index (χ1v) is 11.7. The van der Waals surface area contributed by atoms with Gasteiger partial charge in [0.2, 0.25) is 5.91 Å². The topological polar surface area (TPSA) is 95.3 Å². The average Bonchev–Trinajstić information content (AvgIpc) is 3.40. The van der Waals surface area contributed by atoms with Crippen LogP contribution in [0.5, 0.6) is 5.75 Å². The molecule has 0 saturated carbocycles. The third-order valence-corrected chi connectivity index (χ3v) is 6.37. The highest BCUT2D eigenvalue weighted by atomic mass is 35.5. The number of nitrogens with zero attached hydrogens (tertiary/aromatic N) is 3. The number of thioether (sulfide) groups is 1. The van der Waals surface area contributed by atoms with E-state index in [1.807, 2.05) is 11.5 Å². The number of rotatable bonds is 9. The minimum absolute atomic E-state index is 0.0652. The third kappa shape index (κ3) is 5.59. The van der Waals surface area contributed by atoms with Crippen LogP contribution in [0.3, 0.4) is 0 Å². The standard InChI is InChI=1S/C20H20ClFN4O4S2/c1-4-26-17(11(2)30-15-6-5-12(22)9-14(15)21)24-25-20(26)32-10-16(27)23-18-13(7-8-31-18)19(28)29-3/h5-9,11H,4,10H2,1-3H3,(H,23,27). The summed E-state index contributed by atoms with van der Waals surface area (Å²) in [6.45, 7) is 4.25. The van der Waals surface area contributed by atoms with Crippen LogP contribution in [0, 0.1) is 5.82 Å². The van der Waals surface area contributed by atoms with E-state index in [4.69, 9.17) is 21.1 Å². The number of esters is 1. The number of amides is 1. The number of carbonyl (C=O) groups is 2.